The molecule has 0 N–H and O–H groups in total. The van der Waals surface area contributed by atoms with Gasteiger partial charge in [0.2, 0.25) is 0 Å². The van der Waals surface area contributed by atoms with E-state index < -0.39 is 5.24 Å². The molecule has 0 aromatic heterocycles. The van der Waals surface area contributed by atoms with E-state index >= 15 is 0 Å². The van der Waals surface area contributed by atoms with Crippen molar-refractivity contribution < 1.29 is 4.79 Å². The van der Waals surface area contributed by atoms with Crippen LogP contribution in [0.1, 0.15) is 21.5 Å². The first-order chi connectivity index (χ1) is 7.75. The molecule has 2 heteroatoms. The number of hydrogen-bond donors (Lipinski definition) is 0. The van der Waals surface area contributed by atoms with Crippen molar-refractivity contribution in [2.75, 3.05) is 0 Å². The molecule has 1 aliphatic rings. The molecule has 78 valence electrons. The summed E-state index contributed by atoms with van der Waals surface area (Å²) < 4.78 is 0. The van der Waals surface area contributed by atoms with E-state index in [0.29, 0.717) is 5.56 Å². The van der Waals surface area contributed by atoms with Gasteiger partial charge in [0.05, 0.1) is 0 Å². The van der Waals surface area contributed by atoms with Crippen LogP contribution in [-0.4, -0.2) is 5.24 Å². The molecule has 0 fully saturated rings. The van der Waals surface area contributed by atoms with Crippen molar-refractivity contribution >= 4 is 16.8 Å². The van der Waals surface area contributed by atoms with Crippen LogP contribution >= 0.6 is 11.6 Å². The Balaban J connectivity index is 2.22. The summed E-state index contributed by atoms with van der Waals surface area (Å²) in [5.74, 6) is 0. The van der Waals surface area contributed by atoms with Gasteiger partial charge >= 0.3 is 0 Å². The Morgan fingerprint density at radius 2 is 1.75 bits per heavy atom. The molecule has 0 saturated heterocycles. The maximum Gasteiger partial charge on any atom is 0.252 e. The van der Waals surface area contributed by atoms with Crippen LogP contribution in [0.5, 0.6) is 0 Å². The van der Waals surface area contributed by atoms with Crippen molar-refractivity contribution in [2.45, 2.75) is 6.42 Å². The van der Waals surface area contributed by atoms with E-state index in [1.165, 1.54) is 16.7 Å². The topological polar surface area (TPSA) is 17.1 Å². The predicted molar refractivity (Wildman–Crippen MR) is 64.9 cm³/mol. The molecular formula is C14H9ClO. The van der Waals surface area contributed by atoms with Crippen molar-refractivity contribution in [3.05, 3.63) is 59.2 Å². The monoisotopic (exact) mass is 228 g/mol. The van der Waals surface area contributed by atoms with Gasteiger partial charge in [-0.3, -0.25) is 4.79 Å². The van der Waals surface area contributed by atoms with E-state index in [4.69, 9.17) is 11.6 Å². The van der Waals surface area contributed by atoms with E-state index in [1.807, 2.05) is 24.3 Å². The minimum absolute atomic E-state index is 0.396. The normalized spacial score (nSPS) is 12.1. The van der Waals surface area contributed by atoms with Crippen LogP contribution in [0, 0.1) is 0 Å². The average molecular weight is 229 g/mol. The van der Waals surface area contributed by atoms with E-state index in [1.54, 1.807) is 6.07 Å². The Labute approximate surface area is 98.7 Å². The van der Waals surface area contributed by atoms with Gasteiger partial charge in [0.15, 0.2) is 0 Å². The van der Waals surface area contributed by atoms with Crippen molar-refractivity contribution in [1.29, 1.82) is 0 Å². The fourth-order valence-electron chi connectivity index (χ4n) is 2.25. The highest BCUT2D eigenvalue weighted by molar-refractivity contribution is 6.67. The SMILES string of the molecule is O=C(Cl)c1ccc2c(c1)-c1ccccc1C2. The fraction of sp³-hybridized carbons (Fsp3) is 0.0714. The summed E-state index contributed by atoms with van der Waals surface area (Å²) in [6.45, 7) is 0. The van der Waals surface area contributed by atoms with E-state index in [0.717, 1.165) is 12.0 Å². The number of carbonyl (C=O) groups is 1. The molecule has 0 bridgehead atoms. The average Bonchev–Trinajstić information content (AvgIpc) is 2.66. The summed E-state index contributed by atoms with van der Waals surface area (Å²) in [5, 5.41) is -0.396. The molecule has 0 saturated carbocycles. The Hall–Kier alpha value is -1.60. The number of benzene rings is 2. The highest BCUT2D eigenvalue weighted by Crippen LogP contribution is 2.36. The maximum atomic E-state index is 11.1. The van der Waals surface area contributed by atoms with Crippen LogP contribution in [0.2, 0.25) is 0 Å². The standard InChI is InChI=1S/C14H9ClO/c15-14(16)11-6-5-10-7-9-3-1-2-4-12(9)13(10)8-11/h1-6,8H,7H2. The molecule has 0 radical (unpaired) electrons. The Bertz CT molecular complexity index is 587. The summed E-state index contributed by atoms with van der Waals surface area (Å²) in [6.07, 6.45) is 0.947. The van der Waals surface area contributed by atoms with Crippen molar-refractivity contribution in [3.63, 3.8) is 0 Å². The Kier molecular flexibility index (Phi) is 2.08. The maximum absolute atomic E-state index is 11.1. The van der Waals surface area contributed by atoms with Crippen LogP contribution in [0.4, 0.5) is 0 Å². The second-order valence-electron chi connectivity index (χ2n) is 3.98. The van der Waals surface area contributed by atoms with Gasteiger partial charge in [0.25, 0.3) is 5.24 Å². The van der Waals surface area contributed by atoms with E-state index in [-0.39, 0.29) is 0 Å². The lowest BCUT2D eigenvalue weighted by molar-refractivity contribution is 0.108. The van der Waals surface area contributed by atoms with Gasteiger partial charge in [-0.25, -0.2) is 0 Å². The van der Waals surface area contributed by atoms with Crippen LogP contribution in [0.3, 0.4) is 0 Å². The van der Waals surface area contributed by atoms with Crippen LogP contribution < -0.4 is 0 Å². The first-order valence-corrected chi connectivity index (χ1v) is 5.54. The van der Waals surface area contributed by atoms with Crippen LogP contribution in [0.25, 0.3) is 11.1 Å². The summed E-state index contributed by atoms with van der Waals surface area (Å²) in [4.78, 5) is 11.1. The first-order valence-electron chi connectivity index (χ1n) is 5.17. The lowest BCUT2D eigenvalue weighted by atomic mass is 10.0. The van der Waals surface area contributed by atoms with E-state index in [2.05, 4.69) is 12.1 Å². The Morgan fingerprint density at radius 1 is 1.00 bits per heavy atom. The molecular weight excluding hydrogens is 220 g/mol. The molecule has 0 atom stereocenters. The summed E-state index contributed by atoms with van der Waals surface area (Å²) >= 11 is 5.49. The number of rotatable bonds is 1. The molecule has 0 amide bonds. The van der Waals surface area contributed by atoms with Crippen molar-refractivity contribution in [1.82, 2.24) is 0 Å². The number of hydrogen-bond acceptors (Lipinski definition) is 1. The van der Waals surface area contributed by atoms with Gasteiger partial charge in [-0.05, 0) is 52.4 Å². The van der Waals surface area contributed by atoms with Gasteiger partial charge in [-0.15, -0.1) is 0 Å². The molecule has 1 aliphatic carbocycles. The van der Waals surface area contributed by atoms with Crippen LogP contribution in [0.15, 0.2) is 42.5 Å². The van der Waals surface area contributed by atoms with Gasteiger partial charge in [-0.2, -0.15) is 0 Å². The van der Waals surface area contributed by atoms with Gasteiger partial charge < -0.3 is 0 Å². The largest absolute Gasteiger partial charge is 0.276 e. The minimum Gasteiger partial charge on any atom is -0.276 e. The third-order valence-corrected chi connectivity index (χ3v) is 3.24. The second-order valence-corrected chi connectivity index (χ2v) is 4.32. The molecule has 2 aromatic carbocycles. The van der Waals surface area contributed by atoms with E-state index in [9.17, 15) is 4.79 Å². The number of halogens is 1. The quantitative estimate of drug-likeness (QED) is 0.582. The lowest BCUT2D eigenvalue weighted by Crippen LogP contribution is -1.90. The third kappa shape index (κ3) is 1.36. The molecule has 0 aliphatic heterocycles. The molecule has 2 aromatic rings. The zero-order valence-electron chi connectivity index (χ0n) is 8.53. The molecule has 16 heavy (non-hydrogen) atoms. The van der Waals surface area contributed by atoms with Gasteiger partial charge in [0.1, 0.15) is 0 Å². The first kappa shape index (κ1) is 9.61. The molecule has 0 heterocycles. The number of fused-ring (bicyclic) bond motifs is 3. The molecule has 0 unspecified atom stereocenters. The third-order valence-electron chi connectivity index (χ3n) is 3.03. The highest BCUT2D eigenvalue weighted by Gasteiger charge is 2.18. The van der Waals surface area contributed by atoms with Crippen molar-refractivity contribution in [3.8, 4) is 11.1 Å². The predicted octanol–water partition coefficient (Wildman–Crippen LogP) is 3.64. The highest BCUT2D eigenvalue weighted by atomic mass is 35.5. The molecule has 3 rings (SSSR count). The molecule has 0 spiro atoms. The summed E-state index contributed by atoms with van der Waals surface area (Å²) in [6, 6.07) is 13.9. The zero-order chi connectivity index (χ0) is 11.1. The summed E-state index contributed by atoms with van der Waals surface area (Å²) in [7, 11) is 0. The van der Waals surface area contributed by atoms with Gasteiger partial charge in [0, 0.05) is 5.56 Å². The molecule has 1 nitrogen and oxygen atoms in total. The fourth-order valence-corrected chi connectivity index (χ4v) is 2.36. The Morgan fingerprint density at radius 3 is 2.56 bits per heavy atom. The zero-order valence-corrected chi connectivity index (χ0v) is 9.29. The smallest absolute Gasteiger partial charge is 0.252 e. The lowest BCUT2D eigenvalue weighted by Gasteiger charge is -2.01. The second kappa shape index (κ2) is 3.46. The van der Waals surface area contributed by atoms with Crippen molar-refractivity contribution in [2.24, 2.45) is 0 Å². The van der Waals surface area contributed by atoms with Gasteiger partial charge in [-0.1, -0.05) is 30.3 Å². The van der Waals surface area contributed by atoms with Crippen LogP contribution in [-0.2, 0) is 6.42 Å². The summed E-state index contributed by atoms with van der Waals surface area (Å²) in [5.41, 5.74) is 5.51. The minimum atomic E-state index is -0.396. The number of carbonyl (C=O) groups excluding carboxylic acids is 1.